The smallest absolute Gasteiger partial charge is 0.242 e. The Bertz CT molecular complexity index is 1740. The Labute approximate surface area is 268 Å². The molecule has 1 aliphatic rings. The van der Waals surface area contributed by atoms with Crippen LogP contribution in [0, 0.1) is 0 Å². The van der Waals surface area contributed by atoms with Gasteiger partial charge in [0.2, 0.25) is 18.3 Å². The fraction of sp³-hybridized carbons (Fsp3) is 0.438. The number of aromatic nitrogens is 6. The summed E-state index contributed by atoms with van der Waals surface area (Å²) in [4.78, 5) is 18.9. The van der Waals surface area contributed by atoms with Gasteiger partial charge in [0, 0.05) is 47.0 Å². The van der Waals surface area contributed by atoms with Gasteiger partial charge in [-0.15, -0.1) is 0 Å². The summed E-state index contributed by atoms with van der Waals surface area (Å²) in [5.74, 6) is 2.47. The van der Waals surface area contributed by atoms with Crippen molar-refractivity contribution in [2.45, 2.75) is 51.8 Å². The molecule has 4 heterocycles. The van der Waals surface area contributed by atoms with Crippen LogP contribution in [0.25, 0.3) is 16.7 Å². The van der Waals surface area contributed by atoms with Gasteiger partial charge in [0.1, 0.15) is 18.3 Å². The number of imidazole rings is 1. The minimum atomic E-state index is -2.54. The van der Waals surface area contributed by atoms with Crippen LogP contribution in [0.1, 0.15) is 17.0 Å². The first kappa shape index (κ1) is 31.8. The maximum Gasteiger partial charge on any atom is 0.242 e. The molecule has 0 spiro atoms. The zero-order valence-electron chi connectivity index (χ0n) is 26.5. The lowest BCUT2D eigenvalue weighted by atomic mass is 10.2. The molecule has 0 saturated carbocycles. The Morgan fingerprint density at radius 2 is 1.78 bits per heavy atom. The Hall–Kier alpha value is -4.14. The molecule has 46 heavy (non-hydrogen) atoms. The van der Waals surface area contributed by atoms with Crippen molar-refractivity contribution in [3.05, 3.63) is 71.7 Å². The first-order valence-corrected chi connectivity index (χ1v) is 18.8. The van der Waals surface area contributed by atoms with Gasteiger partial charge in [-0.1, -0.05) is 37.4 Å². The molecule has 0 aliphatic carbocycles. The van der Waals surface area contributed by atoms with E-state index in [-0.39, 0.29) is 0 Å². The molecule has 1 fully saturated rings. The largest absolute Gasteiger partial charge is 0.497 e. The summed E-state index contributed by atoms with van der Waals surface area (Å²) in [5.41, 5.74) is 3.57. The predicted molar refractivity (Wildman–Crippen MR) is 176 cm³/mol. The zero-order valence-corrected chi connectivity index (χ0v) is 27.6. The van der Waals surface area contributed by atoms with Crippen molar-refractivity contribution in [2.75, 3.05) is 49.8 Å². The molecule has 0 bridgehead atoms. The molecular formula is C32H40F2N8O3Si. The second-order valence-corrected chi connectivity index (χ2v) is 15.2. The predicted octanol–water partition coefficient (Wildman–Crippen LogP) is 4.79. The van der Waals surface area contributed by atoms with Crippen molar-refractivity contribution < 1.29 is 23.0 Å². The van der Waals surface area contributed by atoms with Crippen molar-refractivity contribution >= 4 is 37.4 Å². The van der Waals surface area contributed by atoms with E-state index in [2.05, 4.69) is 27.7 Å². The van der Waals surface area contributed by atoms with E-state index in [1.54, 1.807) is 11.6 Å². The van der Waals surface area contributed by atoms with Crippen LogP contribution in [0.15, 0.2) is 54.7 Å². The maximum atomic E-state index is 13.6. The number of methoxy groups -OCH3 is 1. The van der Waals surface area contributed by atoms with Gasteiger partial charge < -0.3 is 28.6 Å². The monoisotopic (exact) mass is 650 g/mol. The Morgan fingerprint density at radius 1 is 1.00 bits per heavy atom. The SMILES string of the molecule is COc1ccc(CN(Cc2nc3ccccc3n2COCC[SiH](C)C)c2nc(N3CCOCC3)nc3c(CC(F)F)cnn23)cc1. The molecule has 2 aromatic carbocycles. The van der Waals surface area contributed by atoms with E-state index in [0.29, 0.717) is 75.8 Å². The summed E-state index contributed by atoms with van der Waals surface area (Å²) in [5, 5.41) is 4.54. The normalized spacial score (nSPS) is 13.8. The van der Waals surface area contributed by atoms with E-state index < -0.39 is 21.6 Å². The van der Waals surface area contributed by atoms with Crippen LogP contribution >= 0.6 is 0 Å². The molecule has 0 amide bonds. The molecule has 1 aliphatic heterocycles. The van der Waals surface area contributed by atoms with Gasteiger partial charge in [0.15, 0.2) is 5.65 Å². The number of alkyl halides is 2. The standard InChI is InChI=1S/C32H40F2N8O3Si/c1-43-25-10-8-23(9-11-25)20-40(21-29-36-26-6-4-5-7-27(26)41(29)22-45-16-17-46(2)3)32-38-31(39-12-14-44-15-13-39)37-30-24(18-28(33)34)19-35-42(30)32/h4-11,19,28,46H,12-18,20-22H2,1-3H3. The third kappa shape index (κ3) is 7.29. The number of hydrogen-bond acceptors (Lipinski definition) is 9. The molecule has 0 atom stereocenters. The van der Waals surface area contributed by atoms with Crippen LogP contribution in [-0.4, -0.2) is 84.4 Å². The van der Waals surface area contributed by atoms with E-state index in [1.807, 2.05) is 53.4 Å². The van der Waals surface area contributed by atoms with Crippen molar-refractivity contribution in [1.29, 1.82) is 0 Å². The van der Waals surface area contributed by atoms with E-state index >= 15 is 0 Å². The molecule has 0 radical (unpaired) electrons. The number of benzene rings is 2. The van der Waals surface area contributed by atoms with Crippen molar-refractivity contribution in [2.24, 2.45) is 0 Å². The van der Waals surface area contributed by atoms with Crippen LogP contribution in [0.5, 0.6) is 5.75 Å². The third-order valence-electron chi connectivity index (χ3n) is 8.02. The number of anilines is 2. The number of morpholine rings is 1. The number of rotatable bonds is 14. The number of halogens is 2. The van der Waals surface area contributed by atoms with Gasteiger partial charge in [0.25, 0.3) is 0 Å². The summed E-state index contributed by atoms with van der Waals surface area (Å²) < 4.78 is 48.1. The molecule has 244 valence electrons. The van der Waals surface area contributed by atoms with E-state index in [1.165, 1.54) is 6.20 Å². The molecular weight excluding hydrogens is 610 g/mol. The molecule has 0 N–H and O–H groups in total. The summed E-state index contributed by atoms with van der Waals surface area (Å²) in [6.07, 6.45) is -1.52. The van der Waals surface area contributed by atoms with Crippen LogP contribution in [-0.2, 0) is 35.7 Å². The fourth-order valence-corrected chi connectivity index (χ4v) is 6.14. The highest BCUT2D eigenvalue weighted by atomic mass is 28.3. The van der Waals surface area contributed by atoms with Crippen LogP contribution in [0.4, 0.5) is 20.7 Å². The Kier molecular flexibility index (Phi) is 10.0. The maximum absolute atomic E-state index is 13.6. The van der Waals surface area contributed by atoms with E-state index in [4.69, 9.17) is 29.2 Å². The fourth-order valence-electron chi connectivity index (χ4n) is 5.50. The van der Waals surface area contributed by atoms with Crippen molar-refractivity contribution in [1.82, 2.24) is 29.1 Å². The third-order valence-corrected chi connectivity index (χ3v) is 9.41. The van der Waals surface area contributed by atoms with Crippen LogP contribution in [0.3, 0.4) is 0 Å². The summed E-state index contributed by atoms with van der Waals surface area (Å²) >= 11 is 0. The number of fused-ring (bicyclic) bond motifs is 2. The Balaban J connectivity index is 1.45. The summed E-state index contributed by atoms with van der Waals surface area (Å²) in [6.45, 7) is 8.73. The molecule has 3 aromatic heterocycles. The summed E-state index contributed by atoms with van der Waals surface area (Å²) in [6, 6.07) is 16.9. The van der Waals surface area contributed by atoms with Crippen molar-refractivity contribution in [3.63, 3.8) is 0 Å². The highest BCUT2D eigenvalue weighted by Crippen LogP contribution is 2.27. The molecule has 14 heteroatoms. The average molecular weight is 651 g/mol. The summed E-state index contributed by atoms with van der Waals surface area (Å²) in [7, 11) is 0.883. The van der Waals surface area contributed by atoms with E-state index in [0.717, 1.165) is 34.2 Å². The quantitative estimate of drug-likeness (QED) is 0.124. The van der Waals surface area contributed by atoms with Crippen molar-refractivity contribution in [3.8, 4) is 5.75 Å². The lowest BCUT2D eigenvalue weighted by molar-refractivity contribution is 0.0882. The minimum absolute atomic E-state index is 0.349. The highest BCUT2D eigenvalue weighted by Gasteiger charge is 2.25. The Morgan fingerprint density at radius 3 is 2.52 bits per heavy atom. The molecule has 11 nitrogen and oxygen atoms in total. The topological polar surface area (TPSA) is 95.1 Å². The molecule has 0 unspecified atom stereocenters. The van der Waals surface area contributed by atoms with Gasteiger partial charge in [-0.2, -0.15) is 19.6 Å². The number of nitrogens with zero attached hydrogens (tertiary/aromatic N) is 8. The molecule has 1 saturated heterocycles. The lowest BCUT2D eigenvalue weighted by Gasteiger charge is -2.29. The van der Waals surface area contributed by atoms with Gasteiger partial charge in [-0.25, -0.2) is 13.8 Å². The zero-order chi connectivity index (χ0) is 32.0. The van der Waals surface area contributed by atoms with Crippen LogP contribution < -0.4 is 14.5 Å². The lowest BCUT2D eigenvalue weighted by Crippen LogP contribution is -2.38. The first-order valence-electron chi connectivity index (χ1n) is 15.6. The average Bonchev–Trinajstić information content (AvgIpc) is 3.63. The minimum Gasteiger partial charge on any atom is -0.497 e. The number of ether oxygens (including phenoxy) is 3. The second-order valence-electron chi connectivity index (χ2n) is 11.8. The number of para-hydroxylation sites is 2. The second kappa shape index (κ2) is 14.5. The molecule has 6 rings (SSSR count). The van der Waals surface area contributed by atoms with Crippen LogP contribution in [0.2, 0.25) is 19.1 Å². The van der Waals surface area contributed by atoms with Gasteiger partial charge in [-0.3, -0.25) is 0 Å². The van der Waals surface area contributed by atoms with Gasteiger partial charge in [0.05, 0.1) is 44.1 Å². The molecule has 5 aromatic rings. The first-order chi connectivity index (χ1) is 22.4. The van der Waals surface area contributed by atoms with E-state index in [9.17, 15) is 8.78 Å². The van der Waals surface area contributed by atoms with Gasteiger partial charge >= 0.3 is 0 Å². The highest BCUT2D eigenvalue weighted by molar-refractivity contribution is 6.55. The van der Waals surface area contributed by atoms with Gasteiger partial charge in [-0.05, 0) is 35.9 Å². The number of hydrogen-bond donors (Lipinski definition) is 0.